The molecule has 298 valence electrons. The van der Waals surface area contributed by atoms with E-state index in [2.05, 4.69) is 240 Å². The Bertz CT molecular complexity index is 2490. The topological polar surface area (TPSA) is 6.48 Å². The van der Waals surface area contributed by atoms with Crippen molar-refractivity contribution in [1.29, 1.82) is 0 Å². The van der Waals surface area contributed by atoms with Crippen molar-refractivity contribution in [2.75, 3.05) is 9.80 Å². The van der Waals surface area contributed by atoms with Gasteiger partial charge in [-0.2, -0.15) is 0 Å². The molecule has 0 unspecified atom stereocenters. The van der Waals surface area contributed by atoms with Crippen LogP contribution >= 0.6 is 0 Å². The van der Waals surface area contributed by atoms with Gasteiger partial charge in [0.25, 0.3) is 0 Å². The Kier molecular flexibility index (Phi) is 10.4. The van der Waals surface area contributed by atoms with Gasteiger partial charge in [0, 0.05) is 44.3 Å². The third-order valence-corrected chi connectivity index (χ3v) is 11.8. The molecule has 0 radical (unpaired) electrons. The summed E-state index contributed by atoms with van der Waals surface area (Å²) in [6, 6.07) is 51.1. The van der Waals surface area contributed by atoms with E-state index in [1.807, 2.05) is 0 Å². The normalized spacial score (nSPS) is 12.7. The highest BCUT2D eigenvalue weighted by atomic mass is 15.2. The van der Waals surface area contributed by atoms with Gasteiger partial charge >= 0.3 is 0 Å². The molecule has 0 amide bonds. The van der Waals surface area contributed by atoms with Crippen LogP contribution in [-0.4, -0.2) is 0 Å². The summed E-state index contributed by atoms with van der Waals surface area (Å²) in [5, 5.41) is 4.88. The number of nitrogens with zero attached hydrogens (tertiary/aromatic N) is 2. The number of anilines is 6. The van der Waals surface area contributed by atoms with E-state index in [1.165, 1.54) is 66.3 Å². The van der Waals surface area contributed by atoms with Crippen LogP contribution in [0.4, 0.5) is 34.1 Å². The third-order valence-electron chi connectivity index (χ3n) is 11.8. The highest BCUT2D eigenvalue weighted by molar-refractivity contribution is 6.23. The summed E-state index contributed by atoms with van der Waals surface area (Å²) in [5.74, 6) is 0. The van der Waals surface area contributed by atoms with Crippen molar-refractivity contribution in [2.45, 2.75) is 119 Å². The third kappa shape index (κ3) is 8.04. The van der Waals surface area contributed by atoms with Gasteiger partial charge in [0.05, 0.1) is 11.4 Å². The Labute approximate surface area is 349 Å². The Morgan fingerprint density at radius 3 is 0.793 bits per heavy atom. The first-order valence-electron chi connectivity index (χ1n) is 21.1. The molecule has 0 saturated carbocycles. The van der Waals surface area contributed by atoms with Crippen molar-refractivity contribution in [3.8, 4) is 0 Å². The number of benzene rings is 7. The molecule has 0 bridgehead atoms. The minimum absolute atomic E-state index is 0.0437. The van der Waals surface area contributed by atoms with Gasteiger partial charge in [-0.15, -0.1) is 0 Å². The quantitative estimate of drug-likeness (QED) is 0.123. The van der Waals surface area contributed by atoms with E-state index in [1.54, 1.807) is 0 Å². The number of aryl methyl sites for hydroxylation is 2. The Morgan fingerprint density at radius 1 is 0.276 bits per heavy atom. The molecule has 2 heteroatoms. The zero-order chi connectivity index (χ0) is 41.9. The fraction of sp³-hybridized carbons (Fsp3) is 0.321. The Balaban J connectivity index is 1.68. The van der Waals surface area contributed by atoms with Gasteiger partial charge in [-0.25, -0.2) is 0 Å². The molecule has 2 nitrogen and oxygen atoms in total. The largest absolute Gasteiger partial charge is 0.309 e. The van der Waals surface area contributed by atoms with Crippen molar-refractivity contribution >= 4 is 55.7 Å². The standard InChI is InChI=1S/C56H64N2/c1-37-15-25-43(26-16-37)57(45-29-19-39(20-30-45)53(3,4)5)51-47-33-23-41(55(9,10)11)35-49(47)52(50-36-42(56(12,13)14)24-34-48(50)51)58(44-27-17-38(2)18-28-44)46-31-21-40(22-32-46)54(6,7)8/h15-36H,1-14H3. The predicted molar refractivity (Wildman–Crippen MR) is 255 cm³/mol. The van der Waals surface area contributed by atoms with E-state index in [0.29, 0.717) is 0 Å². The molecule has 0 aliphatic rings. The number of hydrogen-bond acceptors (Lipinski definition) is 2. The fourth-order valence-electron chi connectivity index (χ4n) is 8.02. The molecule has 7 rings (SSSR count). The van der Waals surface area contributed by atoms with Gasteiger partial charge in [0.15, 0.2) is 0 Å². The maximum absolute atomic E-state index is 2.52. The lowest BCUT2D eigenvalue weighted by Gasteiger charge is -2.34. The zero-order valence-electron chi connectivity index (χ0n) is 37.6. The summed E-state index contributed by atoms with van der Waals surface area (Å²) < 4.78 is 0. The molecule has 0 spiro atoms. The van der Waals surface area contributed by atoms with E-state index < -0.39 is 0 Å². The summed E-state index contributed by atoms with van der Waals surface area (Å²) in [7, 11) is 0. The lowest BCUT2D eigenvalue weighted by molar-refractivity contribution is 0.590. The van der Waals surface area contributed by atoms with Crippen LogP contribution in [-0.2, 0) is 21.7 Å². The second-order valence-corrected chi connectivity index (χ2v) is 20.7. The molecule has 0 N–H and O–H groups in total. The lowest BCUT2D eigenvalue weighted by atomic mass is 9.82. The van der Waals surface area contributed by atoms with E-state index in [4.69, 9.17) is 0 Å². The molecule has 58 heavy (non-hydrogen) atoms. The van der Waals surface area contributed by atoms with Gasteiger partial charge in [-0.05, 0) is 118 Å². The van der Waals surface area contributed by atoms with E-state index >= 15 is 0 Å². The Morgan fingerprint density at radius 2 is 0.517 bits per heavy atom. The molecule has 0 aliphatic carbocycles. The maximum atomic E-state index is 2.52. The van der Waals surface area contributed by atoms with Gasteiger partial charge < -0.3 is 9.80 Å². The second-order valence-electron chi connectivity index (χ2n) is 20.7. The SMILES string of the molecule is Cc1ccc(N(c2ccc(C(C)(C)C)cc2)c2c3ccc(C(C)(C)C)cc3c(N(c3ccc(C)cc3)c3ccc(C(C)(C)C)cc3)c3cc(C(C)(C)C)ccc23)cc1. The van der Waals surface area contributed by atoms with Gasteiger partial charge in [-0.3, -0.25) is 0 Å². The van der Waals surface area contributed by atoms with E-state index in [-0.39, 0.29) is 21.7 Å². The van der Waals surface area contributed by atoms with Crippen molar-refractivity contribution < 1.29 is 0 Å². The summed E-state index contributed by atoms with van der Waals surface area (Å²) in [6.45, 7) is 32.0. The van der Waals surface area contributed by atoms with Crippen molar-refractivity contribution in [1.82, 2.24) is 0 Å². The average Bonchev–Trinajstić information content (AvgIpc) is 3.15. The van der Waals surface area contributed by atoms with Gasteiger partial charge in [0.1, 0.15) is 0 Å². The maximum Gasteiger partial charge on any atom is 0.0620 e. The summed E-state index contributed by atoms with van der Waals surface area (Å²) in [4.78, 5) is 5.02. The zero-order valence-corrected chi connectivity index (χ0v) is 37.6. The molecule has 0 heterocycles. The monoisotopic (exact) mass is 765 g/mol. The molecule has 0 atom stereocenters. The molecule has 0 saturated heterocycles. The first kappa shape index (κ1) is 40.8. The average molecular weight is 765 g/mol. The first-order chi connectivity index (χ1) is 27.1. The Hall–Kier alpha value is -5.34. The van der Waals surface area contributed by atoms with Crippen LogP contribution in [0.1, 0.15) is 116 Å². The van der Waals surface area contributed by atoms with Crippen LogP contribution in [0.25, 0.3) is 21.5 Å². The minimum Gasteiger partial charge on any atom is -0.309 e. The minimum atomic E-state index is -0.0592. The fourth-order valence-corrected chi connectivity index (χ4v) is 8.02. The molecule has 0 aliphatic heterocycles. The second kappa shape index (κ2) is 14.8. The molecular formula is C56H64N2. The smallest absolute Gasteiger partial charge is 0.0620 e. The van der Waals surface area contributed by atoms with Crippen LogP contribution in [0.2, 0.25) is 0 Å². The van der Waals surface area contributed by atoms with Crippen molar-refractivity contribution in [2.24, 2.45) is 0 Å². The lowest BCUT2D eigenvalue weighted by Crippen LogP contribution is -2.17. The summed E-state index contributed by atoms with van der Waals surface area (Å²) in [5.41, 5.74) is 14.7. The van der Waals surface area contributed by atoms with E-state index in [9.17, 15) is 0 Å². The van der Waals surface area contributed by atoms with Crippen molar-refractivity contribution in [3.63, 3.8) is 0 Å². The number of hydrogen-bond donors (Lipinski definition) is 0. The van der Waals surface area contributed by atoms with Gasteiger partial charge in [0.2, 0.25) is 0 Å². The summed E-state index contributed by atoms with van der Waals surface area (Å²) in [6.07, 6.45) is 0. The first-order valence-corrected chi connectivity index (χ1v) is 21.1. The number of rotatable bonds is 6. The molecule has 0 aromatic heterocycles. The highest BCUT2D eigenvalue weighted by Gasteiger charge is 2.29. The van der Waals surface area contributed by atoms with Crippen LogP contribution in [0.3, 0.4) is 0 Å². The predicted octanol–water partition coefficient (Wildman–Crippen LogP) is 16.7. The van der Waals surface area contributed by atoms with Crippen LogP contribution in [0, 0.1) is 13.8 Å². The van der Waals surface area contributed by atoms with E-state index in [0.717, 1.165) is 22.7 Å². The van der Waals surface area contributed by atoms with Crippen LogP contribution < -0.4 is 9.80 Å². The van der Waals surface area contributed by atoms with Crippen LogP contribution in [0.15, 0.2) is 133 Å². The van der Waals surface area contributed by atoms with Gasteiger partial charge in [-0.1, -0.05) is 167 Å². The molecule has 0 fully saturated rings. The van der Waals surface area contributed by atoms with Crippen molar-refractivity contribution in [3.05, 3.63) is 167 Å². The van der Waals surface area contributed by atoms with Crippen LogP contribution in [0.5, 0.6) is 0 Å². The summed E-state index contributed by atoms with van der Waals surface area (Å²) >= 11 is 0. The molecule has 7 aromatic rings. The molecule has 7 aromatic carbocycles. The molecular weight excluding hydrogens is 701 g/mol. The number of fused-ring (bicyclic) bond motifs is 2. The highest BCUT2D eigenvalue weighted by Crippen LogP contribution is 2.52.